The van der Waals surface area contributed by atoms with Crippen LogP contribution >= 0.6 is 0 Å². The van der Waals surface area contributed by atoms with Crippen LogP contribution in [0.1, 0.15) is 31.9 Å². The quantitative estimate of drug-likeness (QED) is 0.812. The Morgan fingerprint density at radius 2 is 2.22 bits per heavy atom. The fourth-order valence-corrected chi connectivity index (χ4v) is 2.26. The van der Waals surface area contributed by atoms with Gasteiger partial charge in [0.1, 0.15) is 5.92 Å². The molecule has 1 N–H and O–H groups in total. The zero-order valence-corrected chi connectivity index (χ0v) is 10.8. The maximum atomic E-state index is 12.0. The van der Waals surface area contributed by atoms with Crippen LogP contribution in [0.3, 0.4) is 0 Å². The van der Waals surface area contributed by atoms with Crippen molar-refractivity contribution in [2.45, 2.75) is 26.2 Å². The van der Waals surface area contributed by atoms with E-state index in [2.05, 4.69) is 5.10 Å². The highest BCUT2D eigenvalue weighted by molar-refractivity contribution is 6.07. The van der Waals surface area contributed by atoms with Crippen LogP contribution in [-0.4, -0.2) is 33.3 Å². The summed E-state index contributed by atoms with van der Waals surface area (Å²) in [6.45, 7) is 4.45. The number of amides is 1. The number of carbonyl (C=O) groups excluding carboxylic acids is 1. The van der Waals surface area contributed by atoms with Crippen molar-refractivity contribution in [1.29, 1.82) is 0 Å². The minimum Gasteiger partial charge on any atom is -0.481 e. The van der Waals surface area contributed by atoms with Crippen LogP contribution in [0.2, 0.25) is 0 Å². The first-order valence-corrected chi connectivity index (χ1v) is 5.99. The van der Waals surface area contributed by atoms with Crippen molar-refractivity contribution in [2.75, 3.05) is 11.4 Å². The summed E-state index contributed by atoms with van der Waals surface area (Å²) in [5.74, 6) is -2.10. The van der Waals surface area contributed by atoms with Gasteiger partial charge in [-0.3, -0.25) is 14.3 Å². The van der Waals surface area contributed by atoms with Gasteiger partial charge >= 0.3 is 5.97 Å². The third kappa shape index (κ3) is 1.98. The van der Waals surface area contributed by atoms with Gasteiger partial charge < -0.3 is 10.0 Å². The van der Waals surface area contributed by atoms with Gasteiger partial charge in [-0.05, 0) is 12.3 Å². The molecule has 6 nitrogen and oxygen atoms in total. The minimum absolute atomic E-state index is 0.192. The van der Waals surface area contributed by atoms with E-state index >= 15 is 0 Å². The van der Waals surface area contributed by atoms with Gasteiger partial charge in [0.05, 0.1) is 11.4 Å². The van der Waals surface area contributed by atoms with Gasteiger partial charge in [0.25, 0.3) is 0 Å². The largest absolute Gasteiger partial charge is 0.481 e. The summed E-state index contributed by atoms with van der Waals surface area (Å²) in [7, 11) is 1.80. The predicted molar refractivity (Wildman–Crippen MR) is 65.4 cm³/mol. The molecule has 1 amide bonds. The molecule has 98 valence electrons. The second-order valence-electron chi connectivity index (χ2n) is 4.90. The summed E-state index contributed by atoms with van der Waals surface area (Å²) in [4.78, 5) is 24.5. The summed E-state index contributed by atoms with van der Waals surface area (Å²) in [5.41, 5.74) is 1.57. The molecule has 1 unspecified atom stereocenters. The number of rotatable bonds is 3. The second-order valence-corrected chi connectivity index (χ2v) is 4.90. The first-order valence-electron chi connectivity index (χ1n) is 5.99. The molecule has 2 heterocycles. The minimum atomic E-state index is -1.04. The van der Waals surface area contributed by atoms with E-state index in [0.717, 1.165) is 11.4 Å². The van der Waals surface area contributed by atoms with Crippen LogP contribution in [0.5, 0.6) is 0 Å². The van der Waals surface area contributed by atoms with Crippen LogP contribution in [-0.2, 0) is 16.6 Å². The lowest BCUT2D eigenvalue weighted by Crippen LogP contribution is -2.30. The second kappa shape index (κ2) is 4.44. The fourth-order valence-electron chi connectivity index (χ4n) is 2.26. The fraction of sp³-hybridized carbons (Fsp3) is 0.583. The SMILES string of the molecule is CC(C)c1nn(C)cc1N1CCC(C(=O)O)C1=O. The standard InChI is InChI=1S/C12H17N3O3/c1-7(2)10-9(6-14(3)13-10)15-5-4-8(11(15)16)12(17)18/h6-8H,4-5H2,1-3H3,(H,17,18). The van der Waals surface area contributed by atoms with Gasteiger partial charge in [-0.1, -0.05) is 13.8 Å². The van der Waals surface area contributed by atoms with E-state index in [1.165, 1.54) is 0 Å². The molecule has 1 aliphatic rings. The lowest BCUT2D eigenvalue weighted by atomic mass is 10.1. The maximum Gasteiger partial charge on any atom is 0.316 e. The number of aryl methyl sites for hydroxylation is 1. The van der Waals surface area contributed by atoms with E-state index in [1.54, 1.807) is 22.8 Å². The van der Waals surface area contributed by atoms with Gasteiger partial charge in [0.15, 0.2) is 0 Å². The normalized spacial score (nSPS) is 19.9. The smallest absolute Gasteiger partial charge is 0.316 e. The summed E-state index contributed by atoms with van der Waals surface area (Å²) in [6.07, 6.45) is 2.14. The van der Waals surface area contributed by atoms with Gasteiger partial charge in [0, 0.05) is 19.8 Å². The van der Waals surface area contributed by atoms with Crippen LogP contribution < -0.4 is 4.90 Å². The van der Waals surface area contributed by atoms with E-state index in [-0.39, 0.29) is 11.8 Å². The molecule has 0 aliphatic carbocycles. The Hall–Kier alpha value is -1.85. The number of carbonyl (C=O) groups is 2. The third-order valence-corrected chi connectivity index (χ3v) is 3.18. The average molecular weight is 251 g/mol. The first-order chi connectivity index (χ1) is 8.41. The van der Waals surface area contributed by atoms with E-state index < -0.39 is 11.9 Å². The van der Waals surface area contributed by atoms with Crippen LogP contribution in [0.25, 0.3) is 0 Å². The third-order valence-electron chi connectivity index (χ3n) is 3.18. The van der Waals surface area contributed by atoms with E-state index in [1.807, 2.05) is 13.8 Å². The van der Waals surface area contributed by atoms with Crippen molar-refractivity contribution in [3.05, 3.63) is 11.9 Å². The number of carboxylic acids is 1. The van der Waals surface area contributed by atoms with Crippen molar-refractivity contribution in [3.8, 4) is 0 Å². The van der Waals surface area contributed by atoms with Crippen molar-refractivity contribution in [3.63, 3.8) is 0 Å². The van der Waals surface area contributed by atoms with E-state index in [0.29, 0.717) is 13.0 Å². The molecule has 0 saturated carbocycles. The number of aliphatic carboxylic acids is 1. The Morgan fingerprint density at radius 1 is 1.56 bits per heavy atom. The Kier molecular flexibility index (Phi) is 3.11. The van der Waals surface area contributed by atoms with Crippen molar-refractivity contribution in [2.24, 2.45) is 13.0 Å². The molecule has 1 aromatic heterocycles. The number of carboxylic acid groups (broad SMARTS) is 1. The molecule has 1 saturated heterocycles. The van der Waals surface area contributed by atoms with E-state index in [4.69, 9.17) is 5.11 Å². The Morgan fingerprint density at radius 3 is 2.72 bits per heavy atom. The van der Waals surface area contributed by atoms with Crippen LogP contribution in [0.4, 0.5) is 5.69 Å². The summed E-state index contributed by atoms with van der Waals surface area (Å²) >= 11 is 0. The molecule has 0 radical (unpaired) electrons. The molecule has 0 bridgehead atoms. The monoisotopic (exact) mass is 251 g/mol. The molecule has 18 heavy (non-hydrogen) atoms. The zero-order chi connectivity index (χ0) is 13.4. The van der Waals surface area contributed by atoms with Crippen molar-refractivity contribution >= 4 is 17.6 Å². The summed E-state index contributed by atoms with van der Waals surface area (Å²) in [5, 5.41) is 13.3. The van der Waals surface area contributed by atoms with Crippen LogP contribution in [0.15, 0.2) is 6.20 Å². The summed E-state index contributed by atoms with van der Waals surface area (Å²) in [6, 6.07) is 0. The average Bonchev–Trinajstić information content (AvgIpc) is 2.81. The molecule has 2 rings (SSSR count). The lowest BCUT2D eigenvalue weighted by molar-refractivity contribution is -0.144. The zero-order valence-electron chi connectivity index (χ0n) is 10.8. The Labute approximate surface area is 105 Å². The highest BCUT2D eigenvalue weighted by Gasteiger charge is 2.39. The molecule has 1 aliphatic heterocycles. The molecule has 1 fully saturated rings. The van der Waals surface area contributed by atoms with Gasteiger partial charge in [-0.15, -0.1) is 0 Å². The van der Waals surface area contributed by atoms with E-state index in [9.17, 15) is 9.59 Å². The topological polar surface area (TPSA) is 75.4 Å². The number of hydrogen-bond donors (Lipinski definition) is 1. The van der Waals surface area contributed by atoms with Gasteiger partial charge in [-0.25, -0.2) is 0 Å². The molecule has 0 aromatic carbocycles. The van der Waals surface area contributed by atoms with Crippen molar-refractivity contribution < 1.29 is 14.7 Å². The molecular formula is C12H17N3O3. The number of hydrogen-bond acceptors (Lipinski definition) is 3. The Balaban J connectivity index is 2.33. The number of nitrogens with zero attached hydrogens (tertiary/aromatic N) is 3. The molecule has 1 atom stereocenters. The van der Waals surface area contributed by atoms with Crippen LogP contribution in [0, 0.1) is 5.92 Å². The first kappa shape index (κ1) is 12.6. The summed E-state index contributed by atoms with van der Waals surface area (Å²) < 4.78 is 1.66. The highest BCUT2D eigenvalue weighted by Crippen LogP contribution is 2.31. The molecule has 0 spiro atoms. The Bertz CT molecular complexity index is 493. The highest BCUT2D eigenvalue weighted by atomic mass is 16.4. The maximum absolute atomic E-state index is 12.0. The molecular weight excluding hydrogens is 234 g/mol. The molecule has 1 aromatic rings. The number of aromatic nitrogens is 2. The number of anilines is 1. The predicted octanol–water partition coefficient (Wildman–Crippen LogP) is 0.981. The van der Waals surface area contributed by atoms with Crippen molar-refractivity contribution in [1.82, 2.24) is 9.78 Å². The lowest BCUT2D eigenvalue weighted by Gasteiger charge is -2.16. The molecule has 6 heteroatoms. The van der Waals surface area contributed by atoms with Gasteiger partial charge in [0.2, 0.25) is 5.91 Å². The van der Waals surface area contributed by atoms with Gasteiger partial charge in [-0.2, -0.15) is 5.10 Å².